The van der Waals surface area contributed by atoms with Crippen molar-refractivity contribution in [1.29, 1.82) is 0 Å². The second-order valence-corrected chi connectivity index (χ2v) is 9.85. The number of aliphatic hydroxyl groups is 1. The number of likely N-dealkylation sites (N-methyl/N-ethyl adjacent to an activating group) is 1. The Morgan fingerprint density at radius 2 is 1.81 bits per heavy atom. The summed E-state index contributed by atoms with van der Waals surface area (Å²) in [4.78, 5) is 22.1. The lowest BCUT2D eigenvalue weighted by Crippen LogP contribution is -2.49. The molecule has 3 atom stereocenters. The smallest absolute Gasteiger partial charge is 0.259 e. The van der Waals surface area contributed by atoms with Crippen molar-refractivity contribution in [3.63, 3.8) is 0 Å². The number of fused-ring (bicyclic) bond motifs is 1. The van der Waals surface area contributed by atoms with Crippen molar-refractivity contribution in [3.05, 3.63) is 95.2 Å². The van der Waals surface area contributed by atoms with Crippen LogP contribution in [-0.4, -0.2) is 64.7 Å². The topological polar surface area (TPSA) is 65.9 Å². The molecule has 1 aliphatic heterocycles. The lowest BCUT2D eigenvalue weighted by atomic mass is 9.99. The van der Waals surface area contributed by atoms with Crippen molar-refractivity contribution < 1.29 is 14.6 Å². The molecule has 2 aromatic carbocycles. The minimum atomic E-state index is -0.323. The van der Waals surface area contributed by atoms with E-state index in [-0.39, 0.29) is 30.6 Å². The Hall–Kier alpha value is -3.66. The normalized spacial score (nSPS) is 18.2. The van der Waals surface area contributed by atoms with Crippen LogP contribution in [0.15, 0.2) is 72.9 Å². The summed E-state index contributed by atoms with van der Waals surface area (Å²) in [5.41, 5.74) is 3.41. The molecule has 0 saturated carbocycles. The number of benzene rings is 2. The second-order valence-electron chi connectivity index (χ2n) is 9.85. The van der Waals surface area contributed by atoms with Crippen LogP contribution in [0.4, 0.5) is 0 Å². The van der Waals surface area contributed by atoms with Gasteiger partial charge in [-0.25, -0.2) is 4.98 Å². The average Bonchev–Trinajstić information content (AvgIpc) is 2.91. The van der Waals surface area contributed by atoms with Gasteiger partial charge in [0.15, 0.2) is 0 Å². The lowest BCUT2D eigenvalue weighted by molar-refractivity contribution is 0.0325. The number of hydrogen-bond donors (Lipinski definition) is 1. The van der Waals surface area contributed by atoms with Crippen molar-refractivity contribution in [2.75, 3.05) is 26.7 Å². The Bertz CT molecular complexity index is 1240. The van der Waals surface area contributed by atoms with Gasteiger partial charge in [-0.2, -0.15) is 0 Å². The van der Waals surface area contributed by atoms with Crippen LogP contribution in [0.25, 0.3) is 0 Å². The Morgan fingerprint density at radius 3 is 2.49 bits per heavy atom. The molecule has 0 bridgehead atoms. The van der Waals surface area contributed by atoms with Gasteiger partial charge in [0.2, 0.25) is 5.88 Å². The van der Waals surface area contributed by atoms with Crippen LogP contribution in [0.5, 0.6) is 5.88 Å². The minimum Gasteiger partial charge on any atom is -0.472 e. The van der Waals surface area contributed by atoms with E-state index < -0.39 is 0 Å². The van der Waals surface area contributed by atoms with Crippen molar-refractivity contribution in [2.45, 2.75) is 39.0 Å². The first kappa shape index (κ1) is 26.4. The number of nitrogens with zero attached hydrogens (tertiary/aromatic N) is 3. The van der Waals surface area contributed by atoms with E-state index in [1.165, 1.54) is 5.56 Å². The number of pyridine rings is 1. The van der Waals surface area contributed by atoms with Gasteiger partial charge in [0.1, 0.15) is 11.7 Å². The van der Waals surface area contributed by atoms with Crippen molar-refractivity contribution in [3.8, 4) is 17.7 Å². The first-order valence-corrected chi connectivity index (χ1v) is 12.8. The van der Waals surface area contributed by atoms with Crippen molar-refractivity contribution in [1.82, 2.24) is 14.8 Å². The number of amides is 1. The molecule has 0 aliphatic carbocycles. The van der Waals surface area contributed by atoms with E-state index in [1.807, 2.05) is 55.5 Å². The molecule has 1 amide bonds. The quantitative estimate of drug-likeness (QED) is 0.500. The van der Waals surface area contributed by atoms with Gasteiger partial charge < -0.3 is 14.7 Å². The van der Waals surface area contributed by atoms with Crippen molar-refractivity contribution >= 4 is 5.91 Å². The maximum absolute atomic E-state index is 13.6. The molecule has 0 fully saturated rings. The minimum absolute atomic E-state index is 0.0384. The van der Waals surface area contributed by atoms with Crippen molar-refractivity contribution in [2.24, 2.45) is 5.92 Å². The molecule has 2 heterocycles. The molecule has 0 spiro atoms. The molecule has 192 valence electrons. The number of rotatable bonds is 7. The summed E-state index contributed by atoms with van der Waals surface area (Å²) in [7, 11) is 2.07. The Morgan fingerprint density at radius 1 is 1.14 bits per heavy atom. The van der Waals surface area contributed by atoms with Gasteiger partial charge in [-0.05, 0) is 31.2 Å². The van der Waals surface area contributed by atoms with Gasteiger partial charge in [0, 0.05) is 43.7 Å². The summed E-state index contributed by atoms with van der Waals surface area (Å²) in [6, 6.07) is 21.8. The van der Waals surface area contributed by atoms with Gasteiger partial charge in [-0.15, -0.1) is 0 Å². The number of carbonyl (C=O) groups excluding carboxylic acids is 1. The largest absolute Gasteiger partial charge is 0.472 e. The molecular weight excluding hydrogens is 462 g/mol. The Balaban J connectivity index is 1.59. The van der Waals surface area contributed by atoms with Gasteiger partial charge in [0.05, 0.1) is 12.6 Å². The van der Waals surface area contributed by atoms with Gasteiger partial charge in [-0.1, -0.05) is 79.4 Å². The van der Waals surface area contributed by atoms with Crippen LogP contribution in [0.3, 0.4) is 0 Å². The zero-order chi connectivity index (χ0) is 26.2. The Labute approximate surface area is 219 Å². The third-order valence-electron chi connectivity index (χ3n) is 6.68. The summed E-state index contributed by atoms with van der Waals surface area (Å²) in [5, 5.41) is 9.88. The van der Waals surface area contributed by atoms with E-state index in [0.717, 1.165) is 12.1 Å². The van der Waals surface area contributed by atoms with E-state index >= 15 is 0 Å². The van der Waals surface area contributed by atoms with Crippen LogP contribution < -0.4 is 4.74 Å². The maximum Gasteiger partial charge on any atom is 0.259 e. The zero-order valence-electron chi connectivity index (χ0n) is 21.8. The fourth-order valence-electron chi connectivity index (χ4n) is 4.50. The molecule has 0 radical (unpaired) electrons. The first-order chi connectivity index (χ1) is 17.9. The molecule has 0 unspecified atom stereocenters. The highest BCUT2D eigenvalue weighted by Crippen LogP contribution is 2.27. The molecule has 1 aromatic heterocycles. The van der Waals surface area contributed by atoms with E-state index in [9.17, 15) is 9.90 Å². The van der Waals surface area contributed by atoms with Crippen LogP contribution in [0.2, 0.25) is 0 Å². The molecule has 3 aromatic rings. The molecule has 0 saturated heterocycles. The predicted octanol–water partition coefficient (Wildman–Crippen LogP) is 4.03. The van der Waals surface area contributed by atoms with E-state index in [4.69, 9.17) is 4.74 Å². The zero-order valence-corrected chi connectivity index (χ0v) is 21.8. The number of hydrogen-bond acceptors (Lipinski definition) is 5. The summed E-state index contributed by atoms with van der Waals surface area (Å²) in [5.74, 6) is 6.48. The van der Waals surface area contributed by atoms with Gasteiger partial charge in [0.25, 0.3) is 5.91 Å². The fourth-order valence-corrected chi connectivity index (χ4v) is 4.50. The summed E-state index contributed by atoms with van der Waals surface area (Å²) >= 11 is 0. The van der Waals surface area contributed by atoms with E-state index in [0.29, 0.717) is 36.5 Å². The van der Waals surface area contributed by atoms with E-state index in [2.05, 4.69) is 47.8 Å². The standard InChI is InChI=1S/C31H35N3O3/c1-23-19-34(24(2)22-35)31(36)28-17-27(16-10-15-25-11-6-4-7-12-25)18-32-30(28)37-29(23)21-33(3)20-26-13-8-5-9-14-26/h4-9,11-14,17-18,23-24,29,35H,15,19-22H2,1-3H3/t23-,24+,29-/m0/s1. The molecule has 1 aliphatic rings. The van der Waals surface area contributed by atoms with Crippen LogP contribution in [-0.2, 0) is 13.0 Å². The SMILES string of the molecule is C[C@H](CO)N1C[C@H](C)[C@H](CN(C)Cc2ccccc2)Oc2ncc(C#CCc3ccccc3)cc2C1=O. The number of aliphatic hydroxyl groups excluding tert-OH is 1. The van der Waals surface area contributed by atoms with Crippen LogP contribution in [0, 0.1) is 17.8 Å². The monoisotopic (exact) mass is 497 g/mol. The van der Waals surface area contributed by atoms with Crippen LogP contribution in [0.1, 0.15) is 40.9 Å². The molecule has 6 nitrogen and oxygen atoms in total. The Kier molecular flexibility index (Phi) is 8.95. The molecule has 37 heavy (non-hydrogen) atoms. The van der Waals surface area contributed by atoms with Gasteiger partial charge >= 0.3 is 0 Å². The summed E-state index contributed by atoms with van der Waals surface area (Å²) in [6.45, 7) is 5.77. The summed E-state index contributed by atoms with van der Waals surface area (Å²) < 4.78 is 6.41. The highest BCUT2D eigenvalue weighted by Gasteiger charge is 2.34. The van der Waals surface area contributed by atoms with Crippen LogP contribution >= 0.6 is 0 Å². The lowest BCUT2D eigenvalue weighted by Gasteiger charge is -2.37. The highest BCUT2D eigenvalue weighted by molar-refractivity contribution is 5.97. The fraction of sp³-hybridized carbons (Fsp3) is 0.355. The molecule has 4 rings (SSSR count). The predicted molar refractivity (Wildman–Crippen MR) is 145 cm³/mol. The highest BCUT2D eigenvalue weighted by atomic mass is 16.5. The third-order valence-corrected chi connectivity index (χ3v) is 6.68. The molecule has 1 N–H and O–H groups in total. The van der Waals surface area contributed by atoms with Gasteiger partial charge in [-0.3, -0.25) is 9.69 Å². The third kappa shape index (κ3) is 6.97. The second kappa shape index (κ2) is 12.5. The molecule has 6 heteroatoms. The first-order valence-electron chi connectivity index (χ1n) is 12.8. The number of carbonyl (C=O) groups is 1. The van der Waals surface area contributed by atoms with E-state index in [1.54, 1.807) is 17.2 Å². The maximum atomic E-state index is 13.6. The number of ether oxygens (including phenoxy) is 1. The average molecular weight is 498 g/mol. The number of aromatic nitrogens is 1. The summed E-state index contributed by atoms with van der Waals surface area (Å²) in [6.07, 6.45) is 2.10. The molecular formula is C31H35N3O3.